The number of hydrogen-bond acceptors (Lipinski definition) is 9. The molecule has 1 aromatic heterocycles. The minimum atomic E-state index is -3.55. The van der Waals surface area contributed by atoms with E-state index in [1.54, 1.807) is 19.3 Å². The van der Waals surface area contributed by atoms with Crippen LogP contribution in [0.2, 0.25) is 0 Å². The molecule has 1 fully saturated rings. The Balaban J connectivity index is 1.49. The second-order valence-corrected chi connectivity index (χ2v) is 13.5. The number of sulfone groups is 1. The van der Waals surface area contributed by atoms with Crippen molar-refractivity contribution in [3.05, 3.63) is 24.4 Å². The van der Waals surface area contributed by atoms with Gasteiger partial charge in [-0.3, -0.25) is 9.59 Å². The summed E-state index contributed by atoms with van der Waals surface area (Å²) in [5.41, 5.74) is 1.42. The van der Waals surface area contributed by atoms with E-state index in [9.17, 15) is 18.0 Å². The number of aromatic nitrogens is 2. The van der Waals surface area contributed by atoms with Gasteiger partial charge in [0.25, 0.3) is 0 Å². The van der Waals surface area contributed by atoms with Crippen molar-refractivity contribution in [3.63, 3.8) is 0 Å². The van der Waals surface area contributed by atoms with Crippen LogP contribution in [0.15, 0.2) is 29.3 Å². The minimum absolute atomic E-state index is 0.0394. The van der Waals surface area contributed by atoms with Crippen LogP contribution in [0.5, 0.6) is 0 Å². The second-order valence-electron chi connectivity index (χ2n) is 11.4. The summed E-state index contributed by atoms with van der Waals surface area (Å²) in [6, 6.07) is 5.29. The highest BCUT2D eigenvalue weighted by Gasteiger charge is 2.30. The van der Waals surface area contributed by atoms with Gasteiger partial charge in [0.15, 0.2) is 15.7 Å². The molecule has 0 atom stereocenters. The van der Waals surface area contributed by atoms with E-state index < -0.39 is 9.84 Å². The molecule has 1 aromatic carbocycles. The topological polar surface area (TPSA) is 128 Å². The van der Waals surface area contributed by atoms with Gasteiger partial charge >= 0.3 is 0 Å². The lowest BCUT2D eigenvalue weighted by Gasteiger charge is -2.36. The molecule has 0 spiro atoms. The monoisotopic (exact) mass is 571 g/mol. The van der Waals surface area contributed by atoms with Crippen molar-refractivity contribution in [2.45, 2.75) is 69.4 Å². The number of carbonyl (C=O) groups is 2. The Morgan fingerprint density at radius 1 is 1.12 bits per heavy atom. The summed E-state index contributed by atoms with van der Waals surface area (Å²) in [5.74, 6) is 1.21. The molecule has 1 aliphatic carbocycles. The van der Waals surface area contributed by atoms with Crippen molar-refractivity contribution >= 4 is 50.5 Å². The predicted molar refractivity (Wildman–Crippen MR) is 158 cm³/mol. The zero-order chi connectivity index (χ0) is 29.2. The number of likely N-dealkylation sites (N-methyl/N-ethyl adjacent to an activating group) is 1. The first-order valence-corrected chi connectivity index (χ1v) is 15.7. The summed E-state index contributed by atoms with van der Waals surface area (Å²) < 4.78 is 24.9. The molecular weight excluding hydrogens is 530 g/mol. The molecule has 12 heteroatoms. The number of benzene rings is 1. The maximum atomic E-state index is 12.8. The smallest absolute Gasteiger partial charge is 0.246 e. The molecule has 1 saturated carbocycles. The van der Waals surface area contributed by atoms with Gasteiger partial charge in [-0.05, 0) is 84.2 Å². The summed E-state index contributed by atoms with van der Waals surface area (Å²) in [7, 11) is 2.37. The molecule has 0 saturated heterocycles. The summed E-state index contributed by atoms with van der Waals surface area (Å²) in [5, 5.41) is 5.98. The Bertz CT molecular complexity index is 1350. The molecule has 2 heterocycles. The van der Waals surface area contributed by atoms with Gasteiger partial charge in [-0.2, -0.15) is 4.98 Å². The van der Waals surface area contributed by atoms with E-state index in [2.05, 4.69) is 39.6 Å². The van der Waals surface area contributed by atoms with Gasteiger partial charge in [-0.1, -0.05) is 0 Å². The zero-order valence-electron chi connectivity index (χ0n) is 24.3. The van der Waals surface area contributed by atoms with Crippen LogP contribution >= 0.6 is 0 Å². The van der Waals surface area contributed by atoms with Crippen molar-refractivity contribution in [1.82, 2.24) is 14.9 Å². The lowest BCUT2D eigenvalue weighted by atomic mass is 9.83. The summed E-state index contributed by atoms with van der Waals surface area (Å²) >= 11 is 0. The number of fused-ring (bicyclic) bond motifs is 1. The average Bonchev–Trinajstić information content (AvgIpc) is 2.89. The van der Waals surface area contributed by atoms with Crippen molar-refractivity contribution in [2.24, 2.45) is 5.92 Å². The molecule has 2 amide bonds. The number of amides is 2. The standard InChI is InChI=1S/C28H41N7O4S/c1-18(2)35-17-26(37)34(5)24-16-29-28(32-27(24)35)31-21-13-20(14-23(15-21)40(6,38)39)30-25(36)12-9-19-7-10-22(11-8-19)33(3)4/h13-16,18-19,22H,7-12,17H2,1-6H3,(H,30,36)(H,29,31,32). The third-order valence-electron chi connectivity index (χ3n) is 7.89. The van der Waals surface area contributed by atoms with E-state index in [4.69, 9.17) is 0 Å². The molecule has 2 aliphatic rings. The molecule has 1 aliphatic heterocycles. The molecule has 11 nitrogen and oxygen atoms in total. The van der Waals surface area contributed by atoms with Crippen LogP contribution in [0.3, 0.4) is 0 Å². The fraction of sp³-hybridized carbons (Fsp3) is 0.571. The fourth-order valence-corrected chi connectivity index (χ4v) is 6.04. The Morgan fingerprint density at radius 3 is 2.42 bits per heavy atom. The maximum Gasteiger partial charge on any atom is 0.246 e. The second kappa shape index (κ2) is 12.1. The molecule has 2 N–H and O–H groups in total. The Hall–Kier alpha value is -3.25. The summed E-state index contributed by atoms with van der Waals surface area (Å²) in [4.78, 5) is 40.0. The molecule has 40 heavy (non-hydrogen) atoms. The number of anilines is 5. The van der Waals surface area contributed by atoms with Crippen LogP contribution in [0.4, 0.5) is 28.8 Å². The highest BCUT2D eigenvalue weighted by atomic mass is 32.2. The van der Waals surface area contributed by atoms with Crippen molar-refractivity contribution in [2.75, 3.05) is 54.4 Å². The highest BCUT2D eigenvalue weighted by molar-refractivity contribution is 7.90. The number of carbonyl (C=O) groups excluding carboxylic acids is 2. The van der Waals surface area contributed by atoms with E-state index in [0.717, 1.165) is 38.4 Å². The van der Waals surface area contributed by atoms with Gasteiger partial charge in [0.05, 0.1) is 17.6 Å². The molecule has 0 bridgehead atoms. The Morgan fingerprint density at radius 2 is 1.80 bits per heavy atom. The summed E-state index contributed by atoms with van der Waals surface area (Å²) in [6.07, 6.45) is 8.44. The average molecular weight is 572 g/mol. The number of hydrogen-bond donors (Lipinski definition) is 2. The predicted octanol–water partition coefficient (Wildman–Crippen LogP) is 3.65. The van der Waals surface area contributed by atoms with Crippen molar-refractivity contribution in [3.8, 4) is 0 Å². The molecule has 218 valence electrons. The van der Waals surface area contributed by atoms with Crippen LogP contribution in [0, 0.1) is 5.92 Å². The van der Waals surface area contributed by atoms with Crippen LogP contribution in [0.25, 0.3) is 0 Å². The van der Waals surface area contributed by atoms with Crippen molar-refractivity contribution < 1.29 is 18.0 Å². The first-order chi connectivity index (χ1) is 18.8. The van der Waals surface area contributed by atoms with Gasteiger partial charge in [0.1, 0.15) is 5.69 Å². The van der Waals surface area contributed by atoms with Gasteiger partial charge in [0, 0.05) is 43.2 Å². The molecule has 2 aromatic rings. The van der Waals surface area contributed by atoms with Gasteiger partial charge < -0.3 is 25.3 Å². The SMILES string of the molecule is CC(C)N1CC(=O)N(C)c2cnc(Nc3cc(NC(=O)CCC4CCC(N(C)C)CC4)cc(S(C)(=O)=O)c3)nc21. The quantitative estimate of drug-likeness (QED) is 0.463. The fourth-order valence-electron chi connectivity index (χ4n) is 5.36. The largest absolute Gasteiger partial charge is 0.343 e. The van der Waals surface area contributed by atoms with Crippen molar-refractivity contribution in [1.29, 1.82) is 0 Å². The lowest BCUT2D eigenvalue weighted by Crippen LogP contribution is -2.47. The molecular formula is C28H41N7O4S. The molecule has 0 radical (unpaired) electrons. The van der Waals surface area contributed by atoms with E-state index in [0.29, 0.717) is 41.3 Å². The zero-order valence-corrected chi connectivity index (χ0v) is 25.1. The van der Waals surface area contributed by atoms with Gasteiger partial charge in [0.2, 0.25) is 17.8 Å². The Labute approximate surface area is 237 Å². The minimum Gasteiger partial charge on any atom is -0.343 e. The maximum absolute atomic E-state index is 12.8. The third-order valence-corrected chi connectivity index (χ3v) is 8.98. The van der Waals surface area contributed by atoms with E-state index in [-0.39, 0.29) is 35.2 Å². The van der Waals surface area contributed by atoms with Crippen LogP contribution in [-0.4, -0.2) is 81.1 Å². The van der Waals surface area contributed by atoms with Crippen LogP contribution < -0.4 is 20.4 Å². The van der Waals surface area contributed by atoms with Crippen LogP contribution in [0.1, 0.15) is 52.4 Å². The Kier molecular flexibility index (Phi) is 8.99. The molecule has 4 rings (SSSR count). The first-order valence-electron chi connectivity index (χ1n) is 13.8. The number of nitrogens with zero attached hydrogens (tertiary/aromatic N) is 5. The van der Waals surface area contributed by atoms with E-state index in [1.165, 1.54) is 17.0 Å². The number of rotatable bonds is 9. The first kappa shape index (κ1) is 29.7. The van der Waals surface area contributed by atoms with E-state index in [1.807, 2.05) is 18.7 Å². The lowest BCUT2D eigenvalue weighted by molar-refractivity contribution is -0.117. The van der Waals surface area contributed by atoms with Crippen LogP contribution in [-0.2, 0) is 19.4 Å². The summed E-state index contributed by atoms with van der Waals surface area (Å²) in [6.45, 7) is 4.17. The van der Waals surface area contributed by atoms with Gasteiger partial charge in [-0.15, -0.1) is 0 Å². The van der Waals surface area contributed by atoms with Gasteiger partial charge in [-0.25, -0.2) is 13.4 Å². The van der Waals surface area contributed by atoms with E-state index >= 15 is 0 Å². The molecule has 0 unspecified atom stereocenters. The highest BCUT2D eigenvalue weighted by Crippen LogP contribution is 2.34. The third kappa shape index (κ3) is 7.08. The number of nitrogens with one attached hydrogen (secondary N) is 2. The normalized spacial score (nSPS) is 19.6.